The van der Waals surface area contributed by atoms with Crippen LogP contribution in [0.4, 0.5) is 0 Å². The summed E-state index contributed by atoms with van der Waals surface area (Å²) in [4.78, 5) is 6.80. The van der Waals surface area contributed by atoms with Gasteiger partial charge in [-0.25, -0.2) is 0 Å². The lowest BCUT2D eigenvalue weighted by atomic mass is 9.85. The molecule has 96 valence electrons. The SMILES string of the molecule is Cc1cccc(CN(C)CC(C)(C)C(C)N)n1. The number of rotatable bonds is 5. The number of aromatic nitrogens is 1. The molecule has 0 saturated carbocycles. The van der Waals surface area contributed by atoms with Gasteiger partial charge < -0.3 is 5.73 Å². The molecule has 0 radical (unpaired) electrons. The molecule has 0 saturated heterocycles. The molecule has 3 nitrogen and oxygen atoms in total. The molecule has 2 N–H and O–H groups in total. The quantitative estimate of drug-likeness (QED) is 0.850. The van der Waals surface area contributed by atoms with Crippen LogP contribution in [0.2, 0.25) is 0 Å². The highest BCUT2D eigenvalue weighted by atomic mass is 15.1. The fourth-order valence-corrected chi connectivity index (χ4v) is 1.86. The van der Waals surface area contributed by atoms with Crippen molar-refractivity contribution in [2.45, 2.75) is 40.3 Å². The molecule has 1 unspecified atom stereocenters. The highest BCUT2D eigenvalue weighted by molar-refractivity contribution is 5.09. The standard InChI is InChI=1S/C14H25N3/c1-11-7-6-8-13(16-11)9-17(5)10-14(3,4)12(2)15/h6-8,12H,9-10,15H2,1-5H3. The van der Waals surface area contributed by atoms with E-state index in [1.54, 1.807) is 0 Å². The summed E-state index contributed by atoms with van der Waals surface area (Å²) in [5.74, 6) is 0. The van der Waals surface area contributed by atoms with Crippen LogP contribution in [-0.4, -0.2) is 29.5 Å². The predicted octanol–water partition coefficient (Wildman–Crippen LogP) is 2.20. The maximum absolute atomic E-state index is 5.99. The third-order valence-electron chi connectivity index (χ3n) is 3.29. The van der Waals surface area contributed by atoms with E-state index in [0.717, 1.165) is 24.5 Å². The van der Waals surface area contributed by atoms with Crippen LogP contribution in [0.5, 0.6) is 0 Å². The number of nitrogens with two attached hydrogens (primary N) is 1. The molecule has 0 aliphatic rings. The van der Waals surface area contributed by atoms with Crippen molar-refractivity contribution in [3.63, 3.8) is 0 Å². The molecule has 0 amide bonds. The first-order chi connectivity index (χ1) is 7.81. The van der Waals surface area contributed by atoms with Crippen molar-refractivity contribution in [1.82, 2.24) is 9.88 Å². The van der Waals surface area contributed by atoms with Crippen LogP contribution in [0, 0.1) is 12.3 Å². The van der Waals surface area contributed by atoms with Crippen molar-refractivity contribution in [3.8, 4) is 0 Å². The van der Waals surface area contributed by atoms with Crippen LogP contribution in [0.25, 0.3) is 0 Å². The first kappa shape index (κ1) is 14.1. The molecule has 1 aromatic heterocycles. The second kappa shape index (κ2) is 5.61. The molecule has 0 aromatic carbocycles. The van der Waals surface area contributed by atoms with Crippen LogP contribution >= 0.6 is 0 Å². The van der Waals surface area contributed by atoms with Gasteiger partial charge in [-0.3, -0.25) is 9.88 Å². The molecule has 17 heavy (non-hydrogen) atoms. The van der Waals surface area contributed by atoms with E-state index in [0.29, 0.717) is 0 Å². The van der Waals surface area contributed by atoms with Gasteiger partial charge >= 0.3 is 0 Å². The molecule has 0 aliphatic heterocycles. The van der Waals surface area contributed by atoms with Gasteiger partial charge in [0.25, 0.3) is 0 Å². The van der Waals surface area contributed by atoms with Crippen molar-refractivity contribution in [1.29, 1.82) is 0 Å². The lowest BCUT2D eigenvalue weighted by Gasteiger charge is -2.33. The summed E-state index contributed by atoms with van der Waals surface area (Å²) in [5, 5.41) is 0. The Labute approximate surface area is 105 Å². The molecule has 0 fully saturated rings. The highest BCUT2D eigenvalue weighted by Gasteiger charge is 2.24. The molecule has 0 bridgehead atoms. The summed E-state index contributed by atoms with van der Waals surface area (Å²) >= 11 is 0. The molecular weight excluding hydrogens is 210 g/mol. The average Bonchev–Trinajstić information content (AvgIpc) is 2.15. The van der Waals surface area contributed by atoms with Gasteiger partial charge in [0.2, 0.25) is 0 Å². The van der Waals surface area contributed by atoms with Gasteiger partial charge in [0.1, 0.15) is 0 Å². The summed E-state index contributed by atoms with van der Waals surface area (Å²) in [6.45, 7) is 10.3. The Balaban J connectivity index is 2.58. The van der Waals surface area contributed by atoms with Gasteiger partial charge in [0.05, 0.1) is 5.69 Å². The van der Waals surface area contributed by atoms with E-state index in [1.165, 1.54) is 0 Å². The first-order valence-electron chi connectivity index (χ1n) is 6.18. The van der Waals surface area contributed by atoms with Crippen molar-refractivity contribution >= 4 is 0 Å². The van der Waals surface area contributed by atoms with E-state index in [2.05, 4.69) is 49.8 Å². The first-order valence-corrected chi connectivity index (χ1v) is 6.18. The summed E-state index contributed by atoms with van der Waals surface area (Å²) in [6, 6.07) is 6.34. The zero-order chi connectivity index (χ0) is 13.1. The number of aryl methyl sites for hydroxylation is 1. The molecule has 0 spiro atoms. The van der Waals surface area contributed by atoms with E-state index in [9.17, 15) is 0 Å². The van der Waals surface area contributed by atoms with E-state index >= 15 is 0 Å². The van der Waals surface area contributed by atoms with Crippen molar-refractivity contribution in [2.75, 3.05) is 13.6 Å². The lowest BCUT2D eigenvalue weighted by molar-refractivity contribution is 0.177. The number of hydrogen-bond donors (Lipinski definition) is 1. The number of hydrogen-bond acceptors (Lipinski definition) is 3. The van der Waals surface area contributed by atoms with Crippen molar-refractivity contribution < 1.29 is 0 Å². The summed E-state index contributed by atoms with van der Waals surface area (Å²) in [5.41, 5.74) is 8.31. The van der Waals surface area contributed by atoms with Crippen LogP contribution in [-0.2, 0) is 6.54 Å². The molecule has 3 heteroatoms. The monoisotopic (exact) mass is 235 g/mol. The van der Waals surface area contributed by atoms with Crippen LogP contribution in [0.1, 0.15) is 32.2 Å². The minimum absolute atomic E-state index is 0.124. The van der Waals surface area contributed by atoms with Crippen LogP contribution < -0.4 is 5.73 Å². The van der Waals surface area contributed by atoms with E-state index in [-0.39, 0.29) is 11.5 Å². The van der Waals surface area contributed by atoms with Gasteiger partial charge in [-0.15, -0.1) is 0 Å². The van der Waals surface area contributed by atoms with E-state index in [4.69, 9.17) is 5.73 Å². The maximum atomic E-state index is 5.99. The van der Waals surface area contributed by atoms with Gasteiger partial charge in [0, 0.05) is 24.8 Å². The Morgan fingerprint density at radius 1 is 1.41 bits per heavy atom. The number of nitrogens with zero attached hydrogens (tertiary/aromatic N) is 2. The minimum atomic E-state index is 0.124. The summed E-state index contributed by atoms with van der Waals surface area (Å²) in [7, 11) is 2.12. The second-order valence-corrected chi connectivity index (χ2v) is 5.72. The molecule has 1 rings (SSSR count). The fourth-order valence-electron chi connectivity index (χ4n) is 1.86. The zero-order valence-corrected chi connectivity index (χ0v) is 11.7. The Hall–Kier alpha value is -0.930. The molecular formula is C14H25N3. The average molecular weight is 235 g/mol. The van der Waals surface area contributed by atoms with E-state index in [1.807, 2.05) is 13.0 Å². The zero-order valence-electron chi connectivity index (χ0n) is 11.7. The normalized spacial score (nSPS) is 14.1. The van der Waals surface area contributed by atoms with Gasteiger partial charge in [0.15, 0.2) is 0 Å². The Kier molecular flexibility index (Phi) is 4.66. The Bertz CT molecular complexity index is 358. The van der Waals surface area contributed by atoms with Gasteiger partial charge in [-0.1, -0.05) is 19.9 Å². The number of pyridine rings is 1. The smallest absolute Gasteiger partial charge is 0.0547 e. The third kappa shape index (κ3) is 4.44. The van der Waals surface area contributed by atoms with Crippen LogP contribution in [0.3, 0.4) is 0 Å². The molecule has 1 aromatic rings. The summed E-state index contributed by atoms with van der Waals surface area (Å²) in [6.07, 6.45) is 0. The largest absolute Gasteiger partial charge is 0.327 e. The second-order valence-electron chi connectivity index (χ2n) is 5.72. The van der Waals surface area contributed by atoms with Crippen molar-refractivity contribution in [3.05, 3.63) is 29.6 Å². The minimum Gasteiger partial charge on any atom is -0.327 e. The molecule has 1 heterocycles. The predicted molar refractivity (Wildman–Crippen MR) is 72.7 cm³/mol. The van der Waals surface area contributed by atoms with Gasteiger partial charge in [-0.05, 0) is 38.4 Å². The van der Waals surface area contributed by atoms with Crippen molar-refractivity contribution in [2.24, 2.45) is 11.1 Å². The topological polar surface area (TPSA) is 42.1 Å². The lowest BCUT2D eigenvalue weighted by Crippen LogP contribution is -2.42. The molecule has 1 atom stereocenters. The molecule has 0 aliphatic carbocycles. The van der Waals surface area contributed by atoms with Gasteiger partial charge in [-0.2, -0.15) is 0 Å². The fraction of sp³-hybridized carbons (Fsp3) is 0.643. The van der Waals surface area contributed by atoms with Crippen LogP contribution in [0.15, 0.2) is 18.2 Å². The maximum Gasteiger partial charge on any atom is 0.0547 e. The summed E-state index contributed by atoms with van der Waals surface area (Å²) < 4.78 is 0. The van der Waals surface area contributed by atoms with E-state index < -0.39 is 0 Å². The Morgan fingerprint density at radius 2 is 2.06 bits per heavy atom. The third-order valence-corrected chi connectivity index (χ3v) is 3.29. The highest BCUT2D eigenvalue weighted by Crippen LogP contribution is 2.20. The Morgan fingerprint density at radius 3 is 2.59 bits per heavy atom.